The van der Waals surface area contributed by atoms with Gasteiger partial charge in [-0.3, -0.25) is 0 Å². The Hall–Kier alpha value is -0.790. The van der Waals surface area contributed by atoms with E-state index in [2.05, 4.69) is 19.1 Å². The van der Waals surface area contributed by atoms with Crippen molar-refractivity contribution in [1.82, 2.24) is 0 Å². The van der Waals surface area contributed by atoms with Crippen LogP contribution in [0.1, 0.15) is 84.0 Å². The summed E-state index contributed by atoms with van der Waals surface area (Å²) >= 11 is 0. The van der Waals surface area contributed by atoms with Gasteiger partial charge in [0.15, 0.2) is 0 Å². The second-order valence-electron chi connectivity index (χ2n) is 5.00. The predicted molar refractivity (Wildman–Crippen MR) is 75.2 cm³/mol. The largest absolute Gasteiger partial charge is 0.550 e. The fourth-order valence-corrected chi connectivity index (χ4v) is 1.99. The second-order valence-corrected chi connectivity index (χ2v) is 5.00. The number of allylic oxidation sites excluding steroid dienone is 2. The summed E-state index contributed by atoms with van der Waals surface area (Å²) in [5, 5.41) is 10.2. The SMILES string of the molecule is CCCCCCCCC/C=C/CCCCC(=O)[O-]. The average Bonchev–Trinajstić information content (AvgIpc) is 2.34. The van der Waals surface area contributed by atoms with Gasteiger partial charge < -0.3 is 9.90 Å². The molecule has 0 amide bonds. The van der Waals surface area contributed by atoms with E-state index in [-0.39, 0.29) is 6.42 Å². The molecular formula is C16H29O2-. The molecule has 0 aliphatic carbocycles. The van der Waals surface area contributed by atoms with Gasteiger partial charge >= 0.3 is 0 Å². The van der Waals surface area contributed by atoms with E-state index in [0.717, 1.165) is 19.3 Å². The van der Waals surface area contributed by atoms with Crippen LogP contribution in [0.2, 0.25) is 0 Å². The first-order valence-electron chi connectivity index (χ1n) is 7.62. The first kappa shape index (κ1) is 17.2. The summed E-state index contributed by atoms with van der Waals surface area (Å²) in [7, 11) is 0. The Morgan fingerprint density at radius 2 is 1.33 bits per heavy atom. The lowest BCUT2D eigenvalue weighted by molar-refractivity contribution is -0.305. The van der Waals surface area contributed by atoms with Crippen LogP contribution in [0.15, 0.2) is 12.2 Å². The molecule has 0 aliphatic heterocycles. The molecule has 106 valence electrons. The molecule has 0 unspecified atom stereocenters. The van der Waals surface area contributed by atoms with Gasteiger partial charge in [-0.2, -0.15) is 0 Å². The molecule has 0 aromatic carbocycles. The summed E-state index contributed by atoms with van der Waals surface area (Å²) in [6.45, 7) is 2.25. The third-order valence-electron chi connectivity index (χ3n) is 3.14. The highest BCUT2D eigenvalue weighted by Gasteiger charge is 1.90. The lowest BCUT2D eigenvalue weighted by atomic mass is 10.1. The van der Waals surface area contributed by atoms with E-state index in [4.69, 9.17) is 0 Å². The quantitative estimate of drug-likeness (QED) is 0.368. The standard InChI is InChI=1S/C16H30O2/c1-2-3-4-5-6-7-8-9-10-11-12-13-14-15-16(17)18/h10-11H,2-9,12-15H2,1H3,(H,17,18)/p-1/b11-10+. The molecule has 0 saturated carbocycles. The topological polar surface area (TPSA) is 40.1 Å². The molecule has 0 heterocycles. The molecule has 0 rings (SSSR count). The van der Waals surface area contributed by atoms with Crippen LogP contribution in [-0.2, 0) is 4.79 Å². The lowest BCUT2D eigenvalue weighted by Crippen LogP contribution is -2.21. The van der Waals surface area contributed by atoms with Crippen LogP contribution in [0.25, 0.3) is 0 Å². The van der Waals surface area contributed by atoms with E-state index in [9.17, 15) is 9.90 Å². The Morgan fingerprint density at radius 3 is 1.89 bits per heavy atom. The van der Waals surface area contributed by atoms with Crippen LogP contribution >= 0.6 is 0 Å². The molecule has 0 bridgehead atoms. The maximum atomic E-state index is 10.2. The molecular weight excluding hydrogens is 224 g/mol. The Morgan fingerprint density at radius 1 is 0.833 bits per heavy atom. The number of hydrogen-bond acceptors (Lipinski definition) is 2. The van der Waals surface area contributed by atoms with Crippen molar-refractivity contribution in [2.24, 2.45) is 0 Å². The van der Waals surface area contributed by atoms with E-state index in [1.54, 1.807) is 0 Å². The van der Waals surface area contributed by atoms with Gasteiger partial charge in [-0.1, -0.05) is 57.6 Å². The van der Waals surface area contributed by atoms with Crippen molar-refractivity contribution in [3.05, 3.63) is 12.2 Å². The van der Waals surface area contributed by atoms with Crippen molar-refractivity contribution in [1.29, 1.82) is 0 Å². The summed E-state index contributed by atoms with van der Waals surface area (Å²) in [4.78, 5) is 10.2. The van der Waals surface area contributed by atoms with Gasteiger partial charge in [0.25, 0.3) is 0 Å². The third-order valence-corrected chi connectivity index (χ3v) is 3.14. The third kappa shape index (κ3) is 15.2. The van der Waals surface area contributed by atoms with Gasteiger partial charge in [-0.25, -0.2) is 0 Å². The van der Waals surface area contributed by atoms with E-state index in [1.807, 2.05) is 0 Å². The number of carbonyl (C=O) groups excluding carboxylic acids is 1. The van der Waals surface area contributed by atoms with Crippen molar-refractivity contribution in [2.45, 2.75) is 84.0 Å². The summed E-state index contributed by atoms with van der Waals surface area (Å²) in [5.41, 5.74) is 0. The predicted octanol–water partition coefficient (Wildman–Crippen LogP) is 3.99. The zero-order valence-electron chi connectivity index (χ0n) is 12.0. The van der Waals surface area contributed by atoms with Gasteiger partial charge in [0, 0.05) is 5.97 Å². The minimum absolute atomic E-state index is 0.200. The molecule has 0 aromatic rings. The Kier molecular flexibility index (Phi) is 13.6. The normalized spacial score (nSPS) is 11.2. The number of aliphatic carboxylic acids is 1. The van der Waals surface area contributed by atoms with Gasteiger partial charge in [0.1, 0.15) is 0 Å². The molecule has 0 spiro atoms. The lowest BCUT2D eigenvalue weighted by Gasteiger charge is -2.00. The maximum Gasteiger partial charge on any atom is 0.0414 e. The summed E-state index contributed by atoms with van der Waals surface area (Å²) in [6, 6.07) is 0. The number of carbonyl (C=O) groups is 1. The summed E-state index contributed by atoms with van der Waals surface area (Å²) in [5.74, 6) is -0.929. The molecule has 0 aliphatic rings. The van der Waals surface area contributed by atoms with E-state index >= 15 is 0 Å². The fourth-order valence-electron chi connectivity index (χ4n) is 1.99. The van der Waals surface area contributed by atoms with Crippen LogP contribution in [0.5, 0.6) is 0 Å². The van der Waals surface area contributed by atoms with Crippen molar-refractivity contribution >= 4 is 5.97 Å². The van der Waals surface area contributed by atoms with Crippen LogP contribution < -0.4 is 5.11 Å². The average molecular weight is 253 g/mol. The van der Waals surface area contributed by atoms with Gasteiger partial charge in [-0.15, -0.1) is 0 Å². The van der Waals surface area contributed by atoms with Crippen molar-refractivity contribution in [3.8, 4) is 0 Å². The Bertz CT molecular complexity index is 209. The highest BCUT2D eigenvalue weighted by atomic mass is 16.4. The highest BCUT2D eigenvalue weighted by molar-refractivity contribution is 5.64. The first-order chi connectivity index (χ1) is 8.77. The second kappa shape index (κ2) is 14.3. The van der Waals surface area contributed by atoms with E-state index in [1.165, 1.54) is 51.4 Å². The molecule has 18 heavy (non-hydrogen) atoms. The summed E-state index contributed by atoms with van der Waals surface area (Å²) < 4.78 is 0. The molecule has 2 nitrogen and oxygen atoms in total. The molecule has 0 aromatic heterocycles. The van der Waals surface area contributed by atoms with Crippen molar-refractivity contribution < 1.29 is 9.90 Å². The minimum atomic E-state index is -0.929. The number of carboxylic acid groups (broad SMARTS) is 1. The zero-order valence-corrected chi connectivity index (χ0v) is 12.0. The number of hydrogen-bond donors (Lipinski definition) is 0. The van der Waals surface area contributed by atoms with Crippen molar-refractivity contribution in [2.75, 3.05) is 0 Å². The molecule has 2 heteroatoms. The Balaban J connectivity index is 3.06. The maximum absolute atomic E-state index is 10.2. The monoisotopic (exact) mass is 253 g/mol. The molecule has 0 fully saturated rings. The molecule has 0 atom stereocenters. The van der Waals surface area contributed by atoms with Crippen molar-refractivity contribution in [3.63, 3.8) is 0 Å². The zero-order chi connectivity index (χ0) is 13.5. The van der Waals surface area contributed by atoms with Gasteiger partial charge in [0.05, 0.1) is 0 Å². The first-order valence-corrected chi connectivity index (χ1v) is 7.62. The number of rotatable bonds is 13. The molecule has 0 radical (unpaired) electrons. The van der Waals surface area contributed by atoms with Crippen LogP contribution in [0, 0.1) is 0 Å². The minimum Gasteiger partial charge on any atom is -0.550 e. The van der Waals surface area contributed by atoms with E-state index in [0.29, 0.717) is 0 Å². The molecule has 0 saturated heterocycles. The highest BCUT2D eigenvalue weighted by Crippen LogP contribution is 2.09. The van der Waals surface area contributed by atoms with Crippen LogP contribution in [0.3, 0.4) is 0 Å². The smallest absolute Gasteiger partial charge is 0.0414 e. The Labute approximate surface area is 112 Å². The molecule has 0 N–H and O–H groups in total. The fraction of sp³-hybridized carbons (Fsp3) is 0.812. The van der Waals surface area contributed by atoms with Gasteiger partial charge in [-0.05, 0) is 38.5 Å². The van der Waals surface area contributed by atoms with Crippen LogP contribution in [0.4, 0.5) is 0 Å². The number of carboxylic acids is 1. The summed E-state index contributed by atoms with van der Waals surface area (Å²) in [6.07, 6.45) is 18.0. The van der Waals surface area contributed by atoms with Gasteiger partial charge in [0.2, 0.25) is 0 Å². The van der Waals surface area contributed by atoms with Crippen LogP contribution in [-0.4, -0.2) is 5.97 Å². The van der Waals surface area contributed by atoms with E-state index < -0.39 is 5.97 Å². The number of unbranched alkanes of at least 4 members (excludes halogenated alkanes) is 9.